The molecule has 0 amide bonds. The summed E-state index contributed by atoms with van der Waals surface area (Å²) in [6.45, 7) is -0.280. The standard InChI is InChI=1S/C7H10O3/c8-5-1-3-7(10)4-2-6-9/h1-4,8-9H,5-6H2. The fourth-order valence-electron chi connectivity index (χ4n) is 0.393. The van der Waals surface area contributed by atoms with Gasteiger partial charge in [0.05, 0.1) is 13.2 Å². The molecular formula is C7H10O3. The van der Waals surface area contributed by atoms with E-state index in [9.17, 15) is 4.79 Å². The van der Waals surface area contributed by atoms with Crippen molar-refractivity contribution in [3.63, 3.8) is 0 Å². The number of hydrogen-bond donors (Lipinski definition) is 2. The van der Waals surface area contributed by atoms with Crippen LogP contribution < -0.4 is 0 Å². The van der Waals surface area contributed by atoms with Crippen LogP contribution in [0.4, 0.5) is 0 Å². The average Bonchev–Trinajstić information content (AvgIpc) is 1.97. The van der Waals surface area contributed by atoms with Crippen LogP contribution in [0.2, 0.25) is 0 Å². The highest BCUT2D eigenvalue weighted by Gasteiger charge is 1.84. The Hall–Kier alpha value is -0.930. The second-order valence-electron chi connectivity index (χ2n) is 1.57. The number of hydrogen-bond acceptors (Lipinski definition) is 3. The van der Waals surface area contributed by atoms with Gasteiger partial charge in [-0.3, -0.25) is 4.79 Å². The van der Waals surface area contributed by atoms with Crippen LogP contribution in [0.25, 0.3) is 0 Å². The molecule has 56 valence electrons. The number of rotatable bonds is 4. The summed E-state index contributed by atoms with van der Waals surface area (Å²) in [5, 5.41) is 16.5. The topological polar surface area (TPSA) is 57.5 Å². The van der Waals surface area contributed by atoms with E-state index in [0.29, 0.717) is 0 Å². The van der Waals surface area contributed by atoms with Gasteiger partial charge in [0.15, 0.2) is 5.78 Å². The van der Waals surface area contributed by atoms with Crippen LogP contribution in [-0.2, 0) is 4.79 Å². The van der Waals surface area contributed by atoms with E-state index in [1.807, 2.05) is 0 Å². The van der Waals surface area contributed by atoms with E-state index in [-0.39, 0.29) is 19.0 Å². The SMILES string of the molecule is O=C(C=CCO)C=CCO. The summed E-state index contributed by atoms with van der Waals surface area (Å²) in [4.78, 5) is 10.6. The van der Waals surface area contributed by atoms with Crippen molar-refractivity contribution in [1.29, 1.82) is 0 Å². The minimum absolute atomic E-state index is 0.140. The third-order valence-electron chi connectivity index (χ3n) is 0.775. The summed E-state index contributed by atoms with van der Waals surface area (Å²) in [6, 6.07) is 0. The highest BCUT2D eigenvalue weighted by Crippen LogP contribution is 1.79. The van der Waals surface area contributed by atoms with E-state index >= 15 is 0 Å². The van der Waals surface area contributed by atoms with Gasteiger partial charge >= 0.3 is 0 Å². The zero-order valence-electron chi connectivity index (χ0n) is 5.53. The molecule has 10 heavy (non-hydrogen) atoms. The van der Waals surface area contributed by atoms with Gasteiger partial charge in [0.1, 0.15) is 0 Å². The molecule has 0 fully saturated rings. The summed E-state index contributed by atoms with van der Waals surface area (Å²) < 4.78 is 0. The fourth-order valence-corrected chi connectivity index (χ4v) is 0.393. The Morgan fingerprint density at radius 3 is 1.80 bits per heavy atom. The third kappa shape index (κ3) is 5.21. The van der Waals surface area contributed by atoms with Gasteiger partial charge in [-0.25, -0.2) is 0 Å². The molecule has 0 aliphatic rings. The Bertz CT molecular complexity index is 131. The summed E-state index contributed by atoms with van der Waals surface area (Å²) in [5.74, 6) is -0.233. The second-order valence-corrected chi connectivity index (χ2v) is 1.57. The molecule has 2 N–H and O–H groups in total. The lowest BCUT2D eigenvalue weighted by Crippen LogP contribution is -1.86. The van der Waals surface area contributed by atoms with E-state index in [4.69, 9.17) is 10.2 Å². The van der Waals surface area contributed by atoms with Crippen LogP contribution in [0.15, 0.2) is 24.3 Å². The lowest BCUT2D eigenvalue weighted by Gasteiger charge is -1.80. The van der Waals surface area contributed by atoms with Gasteiger partial charge in [-0.15, -0.1) is 0 Å². The Labute approximate surface area is 59.3 Å². The predicted octanol–water partition coefficient (Wildman–Crippen LogP) is -0.348. The molecule has 0 aromatic heterocycles. The Morgan fingerprint density at radius 1 is 1.10 bits per heavy atom. The first kappa shape index (κ1) is 9.07. The lowest BCUT2D eigenvalue weighted by atomic mass is 10.3. The van der Waals surface area contributed by atoms with Gasteiger partial charge < -0.3 is 10.2 Å². The van der Waals surface area contributed by atoms with Crippen molar-refractivity contribution in [1.82, 2.24) is 0 Å². The molecule has 3 nitrogen and oxygen atoms in total. The molecule has 0 unspecified atom stereocenters. The fraction of sp³-hybridized carbons (Fsp3) is 0.286. The van der Waals surface area contributed by atoms with Crippen molar-refractivity contribution in [3.05, 3.63) is 24.3 Å². The first-order valence-electron chi connectivity index (χ1n) is 2.90. The Kier molecular flexibility index (Phi) is 5.62. The van der Waals surface area contributed by atoms with Crippen molar-refractivity contribution in [2.24, 2.45) is 0 Å². The summed E-state index contributed by atoms with van der Waals surface area (Å²) in [7, 11) is 0. The maximum atomic E-state index is 10.6. The van der Waals surface area contributed by atoms with Gasteiger partial charge in [0.25, 0.3) is 0 Å². The van der Waals surface area contributed by atoms with E-state index in [0.717, 1.165) is 0 Å². The minimum atomic E-state index is -0.233. The summed E-state index contributed by atoms with van der Waals surface area (Å²) in [5.41, 5.74) is 0. The van der Waals surface area contributed by atoms with Crippen LogP contribution in [0, 0.1) is 0 Å². The summed E-state index contributed by atoms with van der Waals surface area (Å²) in [6.07, 6.45) is 5.16. The third-order valence-corrected chi connectivity index (χ3v) is 0.775. The Balaban J connectivity index is 3.63. The molecule has 0 bridgehead atoms. The molecule has 0 rings (SSSR count). The zero-order chi connectivity index (χ0) is 7.82. The average molecular weight is 142 g/mol. The van der Waals surface area contributed by atoms with Crippen molar-refractivity contribution in [2.75, 3.05) is 13.2 Å². The van der Waals surface area contributed by atoms with Gasteiger partial charge in [0.2, 0.25) is 0 Å². The number of aliphatic hydroxyl groups excluding tert-OH is 2. The smallest absolute Gasteiger partial charge is 0.178 e. The largest absolute Gasteiger partial charge is 0.392 e. The maximum Gasteiger partial charge on any atom is 0.178 e. The van der Waals surface area contributed by atoms with Crippen LogP contribution in [-0.4, -0.2) is 29.2 Å². The van der Waals surface area contributed by atoms with Crippen molar-refractivity contribution < 1.29 is 15.0 Å². The molecule has 0 heterocycles. The zero-order valence-corrected chi connectivity index (χ0v) is 5.53. The van der Waals surface area contributed by atoms with E-state index < -0.39 is 0 Å². The van der Waals surface area contributed by atoms with Crippen molar-refractivity contribution in [2.45, 2.75) is 0 Å². The Morgan fingerprint density at radius 2 is 1.50 bits per heavy atom. The maximum absolute atomic E-state index is 10.6. The predicted molar refractivity (Wildman–Crippen MR) is 37.5 cm³/mol. The van der Waals surface area contributed by atoms with Crippen LogP contribution in [0.1, 0.15) is 0 Å². The number of aliphatic hydroxyl groups is 2. The van der Waals surface area contributed by atoms with Crippen LogP contribution in [0.5, 0.6) is 0 Å². The first-order chi connectivity index (χ1) is 4.81. The molecule has 0 saturated carbocycles. The molecule has 0 aliphatic carbocycles. The molecular weight excluding hydrogens is 132 g/mol. The monoisotopic (exact) mass is 142 g/mol. The first-order valence-corrected chi connectivity index (χ1v) is 2.90. The molecule has 0 aromatic carbocycles. The van der Waals surface area contributed by atoms with Crippen LogP contribution >= 0.6 is 0 Å². The second kappa shape index (κ2) is 6.19. The number of carbonyl (C=O) groups is 1. The highest BCUT2D eigenvalue weighted by molar-refractivity contribution is 5.99. The number of allylic oxidation sites excluding steroid dienone is 2. The molecule has 0 radical (unpaired) electrons. The van der Waals surface area contributed by atoms with E-state index in [2.05, 4.69) is 0 Å². The van der Waals surface area contributed by atoms with Crippen LogP contribution in [0.3, 0.4) is 0 Å². The molecule has 0 spiro atoms. The van der Waals surface area contributed by atoms with Crippen molar-refractivity contribution in [3.8, 4) is 0 Å². The quantitative estimate of drug-likeness (QED) is 0.527. The molecule has 0 aliphatic heterocycles. The van der Waals surface area contributed by atoms with Gasteiger partial charge in [-0.05, 0) is 12.2 Å². The molecule has 3 heteroatoms. The van der Waals surface area contributed by atoms with E-state index in [1.165, 1.54) is 24.3 Å². The molecule has 0 aromatic rings. The van der Waals surface area contributed by atoms with Gasteiger partial charge in [0, 0.05) is 0 Å². The number of carbonyl (C=O) groups excluding carboxylic acids is 1. The van der Waals surface area contributed by atoms with E-state index in [1.54, 1.807) is 0 Å². The normalized spacial score (nSPS) is 11.4. The molecule has 0 saturated heterocycles. The minimum Gasteiger partial charge on any atom is -0.392 e. The van der Waals surface area contributed by atoms with Crippen molar-refractivity contribution >= 4 is 5.78 Å². The highest BCUT2D eigenvalue weighted by atomic mass is 16.3. The summed E-state index contributed by atoms with van der Waals surface area (Å²) >= 11 is 0. The van der Waals surface area contributed by atoms with Gasteiger partial charge in [-0.1, -0.05) is 12.2 Å². The van der Waals surface area contributed by atoms with Gasteiger partial charge in [-0.2, -0.15) is 0 Å². The molecule has 0 atom stereocenters. The number of ketones is 1. The lowest BCUT2D eigenvalue weighted by molar-refractivity contribution is -0.110.